The molecule has 1 N–H and O–H groups in total. The van der Waals surface area contributed by atoms with Crippen LogP contribution in [0.1, 0.15) is 33.1 Å². The van der Waals surface area contributed by atoms with E-state index in [1.165, 1.54) is 0 Å². The van der Waals surface area contributed by atoms with Crippen LogP contribution in [0.25, 0.3) is 0 Å². The van der Waals surface area contributed by atoms with E-state index in [4.69, 9.17) is 4.74 Å². The van der Waals surface area contributed by atoms with Gasteiger partial charge in [-0.3, -0.25) is 0 Å². The van der Waals surface area contributed by atoms with Crippen LogP contribution in [0, 0.1) is 0 Å². The molecule has 0 heterocycles. The number of aliphatic hydroxyl groups is 1. The van der Waals surface area contributed by atoms with E-state index in [9.17, 15) is 5.11 Å². The smallest absolute Gasteiger partial charge is 0.106 e. The van der Waals surface area contributed by atoms with Gasteiger partial charge in [0, 0.05) is 0 Å². The second kappa shape index (κ2) is 4.06. The van der Waals surface area contributed by atoms with Gasteiger partial charge in [-0.15, -0.1) is 0 Å². The molecule has 0 aromatic heterocycles. The van der Waals surface area contributed by atoms with E-state index in [0.717, 1.165) is 19.3 Å². The third-order valence-electron chi connectivity index (χ3n) is 2.08. The van der Waals surface area contributed by atoms with Crippen LogP contribution in [0.3, 0.4) is 0 Å². The highest BCUT2D eigenvalue weighted by Crippen LogP contribution is 2.22. The van der Waals surface area contributed by atoms with Crippen molar-refractivity contribution in [3.8, 4) is 0 Å². The summed E-state index contributed by atoms with van der Waals surface area (Å²) < 4.78 is 5.38. The number of allylic oxidation sites excluding steroid dienone is 1. The van der Waals surface area contributed by atoms with Crippen molar-refractivity contribution in [2.75, 3.05) is 6.61 Å². The van der Waals surface area contributed by atoms with Crippen LogP contribution >= 0.6 is 0 Å². The van der Waals surface area contributed by atoms with E-state index in [2.05, 4.69) is 0 Å². The highest BCUT2D eigenvalue weighted by Gasteiger charge is 2.25. The Morgan fingerprint density at radius 1 is 1.58 bits per heavy atom. The first kappa shape index (κ1) is 9.75. The monoisotopic (exact) mass is 170 g/mol. The Morgan fingerprint density at radius 3 is 2.83 bits per heavy atom. The molecular weight excluding hydrogens is 152 g/mol. The predicted octanol–water partition coefficient (Wildman–Crippen LogP) is 1.88. The summed E-state index contributed by atoms with van der Waals surface area (Å²) in [6.45, 7) is 4.40. The van der Waals surface area contributed by atoms with Gasteiger partial charge in [0.25, 0.3) is 0 Å². The molecule has 0 aromatic rings. The Labute approximate surface area is 74.2 Å². The van der Waals surface area contributed by atoms with E-state index >= 15 is 0 Å². The number of rotatable bonds is 3. The minimum Gasteiger partial charge on any atom is -0.383 e. The van der Waals surface area contributed by atoms with Crippen LogP contribution in [0.5, 0.6) is 0 Å². The largest absolute Gasteiger partial charge is 0.383 e. The summed E-state index contributed by atoms with van der Waals surface area (Å²) in [5, 5.41) is 9.91. The Hall–Kier alpha value is -0.340. The SMILES string of the molecule is CC(C)OCC1(O)C=CCCC1. The van der Waals surface area contributed by atoms with Gasteiger partial charge in [-0.1, -0.05) is 12.2 Å². The highest BCUT2D eigenvalue weighted by atomic mass is 16.5. The maximum atomic E-state index is 9.91. The lowest BCUT2D eigenvalue weighted by Crippen LogP contribution is -2.34. The Bertz CT molecular complexity index is 163. The molecule has 1 aliphatic carbocycles. The molecule has 1 rings (SSSR count). The van der Waals surface area contributed by atoms with Gasteiger partial charge >= 0.3 is 0 Å². The normalized spacial score (nSPS) is 29.7. The molecule has 70 valence electrons. The van der Waals surface area contributed by atoms with Crippen molar-refractivity contribution in [2.24, 2.45) is 0 Å². The summed E-state index contributed by atoms with van der Waals surface area (Å²) in [5.74, 6) is 0. The van der Waals surface area contributed by atoms with Crippen LogP contribution in [0.2, 0.25) is 0 Å². The van der Waals surface area contributed by atoms with Gasteiger partial charge in [-0.2, -0.15) is 0 Å². The zero-order valence-electron chi connectivity index (χ0n) is 7.92. The third kappa shape index (κ3) is 2.95. The molecule has 0 saturated carbocycles. The van der Waals surface area contributed by atoms with Crippen LogP contribution in [0.4, 0.5) is 0 Å². The Morgan fingerprint density at radius 2 is 2.33 bits per heavy atom. The molecule has 0 saturated heterocycles. The van der Waals surface area contributed by atoms with Crippen molar-refractivity contribution < 1.29 is 9.84 Å². The van der Waals surface area contributed by atoms with Crippen LogP contribution in [0.15, 0.2) is 12.2 Å². The summed E-state index contributed by atoms with van der Waals surface area (Å²) in [6.07, 6.45) is 7.09. The number of ether oxygens (including phenoxy) is 1. The molecule has 0 aliphatic heterocycles. The first-order valence-electron chi connectivity index (χ1n) is 4.64. The molecule has 0 bridgehead atoms. The van der Waals surface area contributed by atoms with Gasteiger partial charge in [0.2, 0.25) is 0 Å². The third-order valence-corrected chi connectivity index (χ3v) is 2.08. The van der Waals surface area contributed by atoms with E-state index in [1.807, 2.05) is 26.0 Å². The van der Waals surface area contributed by atoms with Gasteiger partial charge in [0.15, 0.2) is 0 Å². The van der Waals surface area contributed by atoms with E-state index in [-0.39, 0.29) is 6.10 Å². The van der Waals surface area contributed by atoms with Gasteiger partial charge in [0.05, 0.1) is 12.7 Å². The first-order chi connectivity index (χ1) is 5.62. The van der Waals surface area contributed by atoms with Crippen molar-refractivity contribution in [3.63, 3.8) is 0 Å². The summed E-state index contributed by atoms with van der Waals surface area (Å²) in [6, 6.07) is 0. The topological polar surface area (TPSA) is 29.5 Å². The molecular formula is C10H18O2. The maximum absolute atomic E-state index is 9.91. The van der Waals surface area contributed by atoms with Crippen LogP contribution in [-0.2, 0) is 4.74 Å². The molecule has 0 amide bonds. The predicted molar refractivity (Wildman–Crippen MR) is 49.0 cm³/mol. The molecule has 1 aliphatic rings. The van der Waals surface area contributed by atoms with E-state index < -0.39 is 5.60 Å². The fourth-order valence-corrected chi connectivity index (χ4v) is 1.34. The lowest BCUT2D eigenvalue weighted by atomic mass is 9.92. The molecule has 0 aromatic carbocycles. The second-order valence-corrected chi connectivity index (χ2v) is 3.76. The van der Waals surface area contributed by atoms with Crippen molar-refractivity contribution in [1.29, 1.82) is 0 Å². The molecule has 1 unspecified atom stereocenters. The molecule has 0 fully saturated rings. The first-order valence-corrected chi connectivity index (χ1v) is 4.64. The summed E-state index contributed by atoms with van der Waals surface area (Å²) in [4.78, 5) is 0. The average molecular weight is 170 g/mol. The molecule has 0 spiro atoms. The van der Waals surface area contributed by atoms with Crippen molar-refractivity contribution >= 4 is 0 Å². The van der Waals surface area contributed by atoms with Crippen molar-refractivity contribution in [2.45, 2.75) is 44.8 Å². The zero-order valence-corrected chi connectivity index (χ0v) is 7.92. The fourth-order valence-electron chi connectivity index (χ4n) is 1.34. The zero-order chi connectivity index (χ0) is 9.03. The standard InChI is InChI=1S/C10H18O2/c1-9(2)12-8-10(11)6-4-3-5-7-10/h4,6,9,11H,3,5,7-8H2,1-2H3. The van der Waals surface area contributed by atoms with Gasteiger partial charge < -0.3 is 9.84 Å². The van der Waals surface area contributed by atoms with Crippen molar-refractivity contribution in [1.82, 2.24) is 0 Å². The van der Waals surface area contributed by atoms with Gasteiger partial charge in [-0.05, 0) is 33.1 Å². The lowest BCUT2D eigenvalue weighted by Gasteiger charge is -2.27. The Balaban J connectivity index is 2.37. The maximum Gasteiger partial charge on any atom is 0.106 e. The van der Waals surface area contributed by atoms with Crippen molar-refractivity contribution in [3.05, 3.63) is 12.2 Å². The van der Waals surface area contributed by atoms with Crippen LogP contribution < -0.4 is 0 Å². The van der Waals surface area contributed by atoms with Crippen LogP contribution in [-0.4, -0.2) is 23.4 Å². The van der Waals surface area contributed by atoms with E-state index in [1.54, 1.807) is 0 Å². The molecule has 2 heteroatoms. The second-order valence-electron chi connectivity index (χ2n) is 3.76. The molecule has 0 radical (unpaired) electrons. The lowest BCUT2D eigenvalue weighted by molar-refractivity contribution is -0.0430. The molecule has 12 heavy (non-hydrogen) atoms. The summed E-state index contributed by atoms with van der Waals surface area (Å²) in [5.41, 5.74) is -0.692. The summed E-state index contributed by atoms with van der Waals surface area (Å²) in [7, 11) is 0. The minimum absolute atomic E-state index is 0.198. The van der Waals surface area contributed by atoms with Gasteiger partial charge in [-0.25, -0.2) is 0 Å². The Kier molecular flexibility index (Phi) is 3.29. The minimum atomic E-state index is -0.692. The molecule has 1 atom stereocenters. The van der Waals surface area contributed by atoms with Gasteiger partial charge in [0.1, 0.15) is 5.60 Å². The fraction of sp³-hybridized carbons (Fsp3) is 0.800. The highest BCUT2D eigenvalue weighted by molar-refractivity contribution is 5.04. The average Bonchev–Trinajstić information content (AvgIpc) is 2.03. The quantitative estimate of drug-likeness (QED) is 0.655. The summed E-state index contributed by atoms with van der Waals surface area (Å²) >= 11 is 0. The number of hydrogen-bond donors (Lipinski definition) is 1. The number of hydrogen-bond acceptors (Lipinski definition) is 2. The molecule has 2 nitrogen and oxygen atoms in total. The van der Waals surface area contributed by atoms with E-state index in [0.29, 0.717) is 6.61 Å².